The minimum absolute atomic E-state index is 0.0853. The molecule has 0 bridgehead atoms. The minimum atomic E-state index is -3.43. The molecule has 2 N–H and O–H groups in total. The van der Waals surface area contributed by atoms with Crippen LogP contribution >= 0.6 is 11.6 Å². The lowest BCUT2D eigenvalue weighted by atomic mass is 10.4. The quantitative estimate of drug-likeness (QED) is 0.839. The lowest BCUT2D eigenvalue weighted by molar-refractivity contribution is 0.554. The van der Waals surface area contributed by atoms with Gasteiger partial charge in [0.05, 0.1) is 4.90 Å². The molecule has 0 heterocycles. The van der Waals surface area contributed by atoms with E-state index in [1.807, 2.05) is 6.92 Å². The predicted molar refractivity (Wildman–Crippen MR) is 65.2 cm³/mol. The highest BCUT2D eigenvalue weighted by Crippen LogP contribution is 2.13. The maximum Gasteiger partial charge on any atom is 0.240 e. The van der Waals surface area contributed by atoms with Crippen molar-refractivity contribution in [1.29, 1.82) is 0 Å². The van der Waals surface area contributed by atoms with Gasteiger partial charge in [-0.25, -0.2) is 13.1 Å². The molecule has 0 spiro atoms. The SMILES string of the molecule is CNC(C)CNS(=O)(=O)c1ccc(Cl)cc1. The average molecular weight is 263 g/mol. The molecule has 90 valence electrons. The number of benzene rings is 1. The molecule has 0 radical (unpaired) electrons. The van der Waals surface area contributed by atoms with Crippen molar-refractivity contribution in [3.8, 4) is 0 Å². The van der Waals surface area contributed by atoms with Crippen molar-refractivity contribution in [2.75, 3.05) is 13.6 Å². The van der Waals surface area contributed by atoms with Gasteiger partial charge in [0.25, 0.3) is 0 Å². The fraction of sp³-hybridized carbons (Fsp3) is 0.400. The lowest BCUT2D eigenvalue weighted by Gasteiger charge is -2.11. The summed E-state index contributed by atoms with van der Waals surface area (Å²) < 4.78 is 26.1. The van der Waals surface area contributed by atoms with Crippen LogP contribution in [0.25, 0.3) is 0 Å². The fourth-order valence-electron chi connectivity index (χ4n) is 1.03. The van der Waals surface area contributed by atoms with E-state index in [1.54, 1.807) is 19.2 Å². The van der Waals surface area contributed by atoms with Crippen molar-refractivity contribution >= 4 is 21.6 Å². The van der Waals surface area contributed by atoms with Gasteiger partial charge in [-0.15, -0.1) is 0 Å². The van der Waals surface area contributed by atoms with Crippen LogP contribution < -0.4 is 10.0 Å². The molecule has 0 aromatic heterocycles. The van der Waals surface area contributed by atoms with E-state index in [-0.39, 0.29) is 10.9 Å². The summed E-state index contributed by atoms with van der Waals surface area (Å²) >= 11 is 5.69. The van der Waals surface area contributed by atoms with Crippen molar-refractivity contribution in [2.45, 2.75) is 17.9 Å². The summed E-state index contributed by atoms with van der Waals surface area (Å²) in [6.45, 7) is 2.24. The van der Waals surface area contributed by atoms with Crippen LogP contribution in [-0.4, -0.2) is 28.1 Å². The maximum atomic E-state index is 11.8. The number of rotatable bonds is 5. The van der Waals surface area contributed by atoms with E-state index in [0.717, 1.165) is 0 Å². The molecular weight excluding hydrogens is 248 g/mol. The number of sulfonamides is 1. The number of likely N-dealkylation sites (N-methyl/N-ethyl adjacent to an activating group) is 1. The highest BCUT2D eigenvalue weighted by atomic mass is 35.5. The van der Waals surface area contributed by atoms with Crippen LogP contribution in [0.3, 0.4) is 0 Å². The predicted octanol–water partition coefficient (Wildman–Crippen LogP) is 1.23. The van der Waals surface area contributed by atoms with E-state index in [2.05, 4.69) is 10.0 Å². The second-order valence-corrected chi connectivity index (χ2v) is 5.70. The third kappa shape index (κ3) is 3.75. The van der Waals surface area contributed by atoms with Gasteiger partial charge >= 0.3 is 0 Å². The van der Waals surface area contributed by atoms with E-state index in [9.17, 15) is 8.42 Å². The molecule has 0 fully saturated rings. The Morgan fingerprint density at radius 2 is 1.88 bits per heavy atom. The molecular formula is C10H15ClN2O2S. The Balaban J connectivity index is 2.74. The van der Waals surface area contributed by atoms with Crippen molar-refractivity contribution in [1.82, 2.24) is 10.0 Å². The molecule has 1 rings (SSSR count). The average Bonchev–Trinajstić information content (AvgIpc) is 2.26. The summed E-state index contributed by atoms with van der Waals surface area (Å²) in [4.78, 5) is 0.222. The molecule has 1 unspecified atom stereocenters. The molecule has 4 nitrogen and oxygen atoms in total. The first-order chi connectivity index (χ1) is 7.45. The zero-order chi connectivity index (χ0) is 12.2. The summed E-state index contributed by atoms with van der Waals surface area (Å²) in [5.41, 5.74) is 0. The zero-order valence-electron chi connectivity index (χ0n) is 9.20. The Bertz CT molecular complexity index is 431. The molecule has 0 aliphatic rings. The van der Waals surface area contributed by atoms with Gasteiger partial charge in [-0.3, -0.25) is 0 Å². The molecule has 0 saturated carbocycles. The van der Waals surface area contributed by atoms with Crippen molar-refractivity contribution in [2.24, 2.45) is 0 Å². The van der Waals surface area contributed by atoms with Crippen LogP contribution in [0.15, 0.2) is 29.2 Å². The van der Waals surface area contributed by atoms with Crippen molar-refractivity contribution < 1.29 is 8.42 Å². The van der Waals surface area contributed by atoms with E-state index in [4.69, 9.17) is 11.6 Å². The molecule has 0 amide bonds. The molecule has 16 heavy (non-hydrogen) atoms. The van der Waals surface area contributed by atoms with Crippen LogP contribution in [0.1, 0.15) is 6.92 Å². The van der Waals surface area contributed by atoms with Gasteiger partial charge in [0.15, 0.2) is 0 Å². The van der Waals surface area contributed by atoms with Crippen LogP contribution in [0, 0.1) is 0 Å². The summed E-state index contributed by atoms with van der Waals surface area (Å²) in [7, 11) is -1.65. The van der Waals surface area contributed by atoms with Crippen LogP contribution in [0.4, 0.5) is 0 Å². The van der Waals surface area contributed by atoms with Gasteiger partial charge in [0.1, 0.15) is 0 Å². The standard InChI is InChI=1S/C10H15ClN2O2S/c1-8(12-2)7-13-16(14,15)10-5-3-9(11)4-6-10/h3-6,8,12-13H,7H2,1-2H3. The summed E-state index contributed by atoms with van der Waals surface area (Å²) in [5, 5.41) is 3.47. The van der Waals surface area contributed by atoms with Gasteiger partial charge in [0, 0.05) is 17.6 Å². The zero-order valence-corrected chi connectivity index (χ0v) is 10.8. The molecule has 1 atom stereocenters. The third-order valence-electron chi connectivity index (χ3n) is 2.20. The number of hydrogen-bond acceptors (Lipinski definition) is 3. The first kappa shape index (κ1) is 13.4. The number of nitrogens with one attached hydrogen (secondary N) is 2. The Morgan fingerprint density at radius 3 is 2.38 bits per heavy atom. The molecule has 1 aromatic rings. The maximum absolute atomic E-state index is 11.8. The lowest BCUT2D eigenvalue weighted by Crippen LogP contribution is -2.37. The van der Waals surface area contributed by atoms with Crippen molar-refractivity contribution in [3.05, 3.63) is 29.3 Å². The Morgan fingerprint density at radius 1 is 1.31 bits per heavy atom. The monoisotopic (exact) mass is 262 g/mol. The van der Waals surface area contributed by atoms with Gasteiger partial charge in [-0.05, 0) is 38.2 Å². The molecule has 0 aliphatic carbocycles. The Hall–Kier alpha value is -0.620. The smallest absolute Gasteiger partial charge is 0.240 e. The third-order valence-corrected chi connectivity index (χ3v) is 3.89. The minimum Gasteiger partial charge on any atom is -0.316 e. The van der Waals surface area contributed by atoms with Gasteiger partial charge in [-0.1, -0.05) is 11.6 Å². The van der Waals surface area contributed by atoms with E-state index in [0.29, 0.717) is 11.6 Å². The Labute approximate surface area is 101 Å². The topological polar surface area (TPSA) is 58.2 Å². The first-order valence-corrected chi connectivity index (χ1v) is 6.74. The summed E-state index contributed by atoms with van der Waals surface area (Å²) in [6.07, 6.45) is 0. The van der Waals surface area contributed by atoms with Crippen LogP contribution in [-0.2, 0) is 10.0 Å². The second-order valence-electron chi connectivity index (χ2n) is 3.50. The first-order valence-electron chi connectivity index (χ1n) is 4.88. The van der Waals surface area contributed by atoms with Crippen molar-refractivity contribution in [3.63, 3.8) is 0 Å². The van der Waals surface area contributed by atoms with Gasteiger partial charge in [0.2, 0.25) is 10.0 Å². The fourth-order valence-corrected chi connectivity index (χ4v) is 2.29. The van der Waals surface area contributed by atoms with E-state index >= 15 is 0 Å². The van der Waals surface area contributed by atoms with E-state index < -0.39 is 10.0 Å². The number of hydrogen-bond donors (Lipinski definition) is 2. The molecule has 0 saturated heterocycles. The van der Waals surface area contributed by atoms with Gasteiger partial charge in [-0.2, -0.15) is 0 Å². The largest absolute Gasteiger partial charge is 0.316 e. The molecule has 1 aromatic carbocycles. The van der Waals surface area contributed by atoms with Crippen LogP contribution in [0.5, 0.6) is 0 Å². The Kier molecular flexibility index (Phi) is 4.73. The van der Waals surface area contributed by atoms with E-state index in [1.165, 1.54) is 12.1 Å². The molecule has 6 heteroatoms. The summed E-state index contributed by atoms with van der Waals surface area (Å²) in [6, 6.07) is 6.15. The second kappa shape index (κ2) is 5.63. The number of halogens is 1. The van der Waals surface area contributed by atoms with Gasteiger partial charge < -0.3 is 5.32 Å². The highest BCUT2D eigenvalue weighted by Gasteiger charge is 2.14. The highest BCUT2D eigenvalue weighted by molar-refractivity contribution is 7.89. The summed E-state index contributed by atoms with van der Waals surface area (Å²) in [5.74, 6) is 0. The normalized spacial score (nSPS) is 13.7. The van der Waals surface area contributed by atoms with Crippen LogP contribution in [0.2, 0.25) is 5.02 Å². The molecule has 0 aliphatic heterocycles.